The Balaban J connectivity index is 1.26. The minimum atomic E-state index is 0.131. The number of hydrogen-bond donors (Lipinski definition) is 2. The maximum atomic E-state index is 8.53. The van der Waals surface area contributed by atoms with Crippen LogP contribution in [0.25, 0.3) is 54.1 Å². The third kappa shape index (κ3) is 4.06. The highest BCUT2D eigenvalue weighted by Crippen LogP contribution is 2.53. The average Bonchev–Trinajstić information content (AvgIpc) is 3.43. The van der Waals surface area contributed by atoms with Crippen molar-refractivity contribution >= 4 is 66.0 Å². The Morgan fingerprint density at radius 1 is 0.490 bits per heavy atom. The first kappa shape index (κ1) is 27.9. The number of nitrogens with zero attached hydrogens (tertiary/aromatic N) is 1. The van der Waals surface area contributed by atoms with Gasteiger partial charge in [0.1, 0.15) is 0 Å². The molecule has 0 amide bonds. The molecule has 0 aliphatic heterocycles. The summed E-state index contributed by atoms with van der Waals surface area (Å²) in [5.74, 6) is 0.285. The predicted octanol–water partition coefficient (Wildman–Crippen LogP) is 11.6. The van der Waals surface area contributed by atoms with Crippen molar-refractivity contribution in [1.29, 1.82) is 5.41 Å². The molecular formula is C46H33N3. The summed E-state index contributed by atoms with van der Waals surface area (Å²) in [5, 5.41) is 22.3. The van der Waals surface area contributed by atoms with E-state index in [0.29, 0.717) is 6.67 Å². The Labute approximate surface area is 284 Å². The van der Waals surface area contributed by atoms with Crippen molar-refractivity contribution in [3.8, 4) is 0 Å². The van der Waals surface area contributed by atoms with E-state index in [2.05, 4.69) is 168 Å². The lowest BCUT2D eigenvalue weighted by atomic mass is 9.73. The van der Waals surface area contributed by atoms with E-state index in [1.807, 2.05) is 0 Å². The molecule has 3 nitrogen and oxygen atoms in total. The van der Waals surface area contributed by atoms with Gasteiger partial charge in [0.2, 0.25) is 0 Å². The fourth-order valence-corrected chi connectivity index (χ4v) is 8.84. The van der Waals surface area contributed by atoms with E-state index in [-0.39, 0.29) is 11.8 Å². The summed E-state index contributed by atoms with van der Waals surface area (Å²) in [7, 11) is 0. The van der Waals surface area contributed by atoms with E-state index in [0.717, 1.165) is 22.0 Å². The van der Waals surface area contributed by atoms with Crippen molar-refractivity contribution in [2.75, 3.05) is 5.32 Å². The van der Waals surface area contributed by atoms with Gasteiger partial charge >= 0.3 is 0 Å². The van der Waals surface area contributed by atoms with Crippen LogP contribution in [-0.4, -0.2) is 10.8 Å². The van der Waals surface area contributed by atoms with Crippen LogP contribution in [-0.2, 0) is 6.67 Å². The number of rotatable bonds is 6. The molecule has 0 saturated heterocycles. The van der Waals surface area contributed by atoms with E-state index in [1.54, 1.807) is 0 Å². The summed E-state index contributed by atoms with van der Waals surface area (Å²) in [6.07, 6.45) is 1.51. The van der Waals surface area contributed by atoms with E-state index in [1.165, 1.54) is 71.8 Å². The molecule has 9 aromatic rings. The van der Waals surface area contributed by atoms with Crippen LogP contribution in [0, 0.1) is 5.41 Å². The molecule has 1 heterocycles. The monoisotopic (exact) mass is 627 g/mol. The fraction of sp³-hybridized carbons (Fsp3) is 0.0652. The Kier molecular flexibility index (Phi) is 6.22. The highest BCUT2D eigenvalue weighted by Gasteiger charge is 2.35. The maximum absolute atomic E-state index is 8.53. The van der Waals surface area contributed by atoms with Crippen molar-refractivity contribution in [3.05, 3.63) is 186 Å². The molecule has 0 saturated carbocycles. The van der Waals surface area contributed by atoms with Crippen molar-refractivity contribution in [3.63, 3.8) is 0 Å². The van der Waals surface area contributed by atoms with Gasteiger partial charge in [-0.25, -0.2) is 0 Å². The first-order valence-corrected chi connectivity index (χ1v) is 17.1. The molecule has 1 aromatic heterocycles. The van der Waals surface area contributed by atoms with Gasteiger partial charge in [0.15, 0.2) is 0 Å². The van der Waals surface area contributed by atoms with Crippen molar-refractivity contribution in [1.82, 2.24) is 4.57 Å². The number of aromatic nitrogens is 1. The Morgan fingerprint density at radius 3 is 1.71 bits per heavy atom. The normalized spacial score (nSPS) is 15.5. The van der Waals surface area contributed by atoms with Crippen LogP contribution in [0.2, 0.25) is 0 Å². The van der Waals surface area contributed by atoms with Crippen molar-refractivity contribution < 1.29 is 0 Å². The summed E-state index contributed by atoms with van der Waals surface area (Å²) in [5.41, 5.74) is 9.75. The highest BCUT2D eigenvalue weighted by atomic mass is 15.1. The fourth-order valence-electron chi connectivity index (χ4n) is 8.84. The third-order valence-corrected chi connectivity index (χ3v) is 10.8. The van der Waals surface area contributed by atoms with Gasteiger partial charge in [0.25, 0.3) is 0 Å². The summed E-state index contributed by atoms with van der Waals surface area (Å²) in [6.45, 7) is 0.568. The van der Waals surface area contributed by atoms with Gasteiger partial charge in [-0.2, -0.15) is 0 Å². The smallest absolute Gasteiger partial charge is 0.0926 e. The lowest BCUT2D eigenvalue weighted by Gasteiger charge is -2.29. The molecule has 1 aliphatic carbocycles. The average molecular weight is 628 g/mol. The lowest BCUT2D eigenvalue weighted by Crippen LogP contribution is -2.15. The van der Waals surface area contributed by atoms with Gasteiger partial charge in [-0.3, -0.25) is 0 Å². The zero-order chi connectivity index (χ0) is 32.5. The molecule has 0 radical (unpaired) electrons. The first-order valence-electron chi connectivity index (χ1n) is 17.1. The van der Waals surface area contributed by atoms with Gasteiger partial charge in [-0.05, 0) is 61.3 Å². The zero-order valence-corrected chi connectivity index (χ0v) is 26.9. The summed E-state index contributed by atoms with van der Waals surface area (Å²) in [4.78, 5) is 0. The van der Waals surface area contributed by atoms with Crippen LogP contribution in [0.15, 0.2) is 158 Å². The Hall–Kier alpha value is -6.19. The van der Waals surface area contributed by atoms with Gasteiger partial charge in [-0.15, -0.1) is 0 Å². The SMILES string of the molecule is N=Cc1c(NCn2c3cccc4c3c3c5c(cccc5ccc32)C(c2ccccc2)C4c2ccccc2)c2ccccc2c2ccccc12. The lowest BCUT2D eigenvalue weighted by molar-refractivity contribution is 0.705. The van der Waals surface area contributed by atoms with Gasteiger partial charge < -0.3 is 15.3 Å². The molecule has 2 unspecified atom stereocenters. The number of nitrogens with one attached hydrogen (secondary N) is 2. The van der Waals surface area contributed by atoms with Crippen molar-refractivity contribution in [2.24, 2.45) is 0 Å². The molecular weight excluding hydrogens is 595 g/mol. The summed E-state index contributed by atoms with van der Waals surface area (Å²) in [6, 6.07) is 57.5. The summed E-state index contributed by atoms with van der Waals surface area (Å²) < 4.78 is 2.45. The Bertz CT molecular complexity index is 2740. The molecule has 0 fully saturated rings. The quantitative estimate of drug-likeness (QED) is 0.140. The van der Waals surface area contributed by atoms with Gasteiger partial charge in [0, 0.05) is 39.8 Å². The standard InChI is InChI=1S/C46H33N3/c47-27-38-34-20-8-7-18-32(34)33-19-9-10-21-35(33)46(38)48-28-49-39-24-12-23-37-42(30-15-5-2-6-16-30)41(29-13-3-1-4-14-29)36-22-11-17-31-25-26-40(49)45(43(31)36)44(37)39/h1-27,41-42,47-48H,28H2. The van der Waals surface area contributed by atoms with Crippen LogP contribution >= 0.6 is 0 Å². The molecule has 8 aromatic carbocycles. The first-order chi connectivity index (χ1) is 24.3. The van der Waals surface area contributed by atoms with E-state index >= 15 is 0 Å². The largest absolute Gasteiger partial charge is 0.366 e. The second-order valence-corrected chi connectivity index (χ2v) is 13.2. The Morgan fingerprint density at radius 2 is 1.04 bits per heavy atom. The minimum Gasteiger partial charge on any atom is -0.366 e. The highest BCUT2D eigenvalue weighted by molar-refractivity contribution is 6.24. The van der Waals surface area contributed by atoms with E-state index < -0.39 is 0 Å². The van der Waals surface area contributed by atoms with Crippen LogP contribution in [0.1, 0.15) is 39.7 Å². The second-order valence-electron chi connectivity index (χ2n) is 13.2. The predicted molar refractivity (Wildman–Crippen MR) is 206 cm³/mol. The minimum absolute atomic E-state index is 0.131. The molecule has 2 N–H and O–H groups in total. The molecule has 2 atom stereocenters. The number of fused-ring (bicyclic) bond motifs is 3. The van der Waals surface area contributed by atoms with Crippen LogP contribution in [0.4, 0.5) is 5.69 Å². The van der Waals surface area contributed by atoms with Crippen LogP contribution in [0.5, 0.6) is 0 Å². The third-order valence-electron chi connectivity index (χ3n) is 10.8. The number of benzene rings is 8. The van der Waals surface area contributed by atoms with E-state index in [9.17, 15) is 0 Å². The van der Waals surface area contributed by atoms with Gasteiger partial charge in [0.05, 0.1) is 23.4 Å². The van der Waals surface area contributed by atoms with Crippen LogP contribution < -0.4 is 5.32 Å². The molecule has 0 spiro atoms. The van der Waals surface area contributed by atoms with Crippen molar-refractivity contribution in [2.45, 2.75) is 18.5 Å². The maximum Gasteiger partial charge on any atom is 0.0926 e. The molecule has 3 heteroatoms. The zero-order valence-electron chi connectivity index (χ0n) is 26.9. The van der Waals surface area contributed by atoms with Gasteiger partial charge in [-0.1, -0.05) is 146 Å². The second kappa shape index (κ2) is 10.9. The molecule has 1 aliphatic rings. The number of anilines is 1. The molecule has 232 valence electrons. The van der Waals surface area contributed by atoms with E-state index in [4.69, 9.17) is 5.41 Å². The molecule has 0 bridgehead atoms. The number of hydrogen-bond acceptors (Lipinski definition) is 2. The topological polar surface area (TPSA) is 40.8 Å². The van der Waals surface area contributed by atoms with Crippen LogP contribution in [0.3, 0.4) is 0 Å². The summed E-state index contributed by atoms with van der Waals surface area (Å²) >= 11 is 0. The molecule has 49 heavy (non-hydrogen) atoms. The molecule has 10 rings (SSSR count).